The van der Waals surface area contributed by atoms with E-state index in [1.54, 1.807) is 0 Å². The zero-order valence-electron chi connectivity index (χ0n) is 21.0. The lowest BCUT2D eigenvalue weighted by atomic mass is 9.86. The van der Waals surface area contributed by atoms with Gasteiger partial charge in [-0.1, -0.05) is 44.2 Å². The molecule has 3 aromatic rings. The molecule has 3 fully saturated rings. The van der Waals surface area contributed by atoms with Crippen LogP contribution in [0.3, 0.4) is 0 Å². The van der Waals surface area contributed by atoms with Crippen molar-refractivity contribution in [2.45, 2.75) is 70.3 Å². The predicted molar refractivity (Wildman–Crippen MR) is 141 cm³/mol. The molecule has 7 heteroatoms. The van der Waals surface area contributed by atoms with Crippen LogP contribution in [0.25, 0.3) is 16.9 Å². The number of nitrogens with one attached hydrogen (secondary N) is 2. The van der Waals surface area contributed by atoms with Crippen molar-refractivity contribution in [1.29, 1.82) is 0 Å². The van der Waals surface area contributed by atoms with Gasteiger partial charge in [-0.25, -0.2) is 9.97 Å². The maximum Gasteiger partial charge on any atom is 0.251 e. The molecule has 1 aromatic carbocycles. The van der Waals surface area contributed by atoms with Crippen molar-refractivity contribution >= 4 is 17.4 Å². The SMILES string of the molecule is O=C(NC1CC1)c1ccc(-c2cnc3c(NCC4CCOCC4)nc(CC4CCCCC4)cn23)cc1. The van der Waals surface area contributed by atoms with Gasteiger partial charge in [0.2, 0.25) is 0 Å². The molecule has 0 spiro atoms. The highest BCUT2D eigenvalue weighted by Crippen LogP contribution is 2.30. The van der Waals surface area contributed by atoms with E-state index in [1.165, 1.54) is 32.1 Å². The standard InChI is InChI=1S/C29H37N5O2/c35-29(33-24-10-11-24)23-8-6-22(7-9-23)26-18-31-28-27(30-17-21-12-14-36-15-13-21)32-25(19-34(26)28)16-20-4-2-1-3-5-20/h6-9,18-21,24H,1-5,10-17H2,(H,30,32)(H,33,35). The number of ether oxygens (including phenoxy) is 1. The maximum absolute atomic E-state index is 12.4. The molecular formula is C29H37N5O2. The van der Waals surface area contributed by atoms with E-state index in [0.29, 0.717) is 23.4 Å². The highest BCUT2D eigenvalue weighted by molar-refractivity contribution is 5.95. The van der Waals surface area contributed by atoms with Crippen LogP contribution < -0.4 is 10.6 Å². The van der Waals surface area contributed by atoms with E-state index in [1.807, 2.05) is 30.5 Å². The highest BCUT2D eigenvalue weighted by Gasteiger charge is 2.24. The summed E-state index contributed by atoms with van der Waals surface area (Å²) >= 11 is 0. The van der Waals surface area contributed by atoms with Gasteiger partial charge >= 0.3 is 0 Å². The van der Waals surface area contributed by atoms with E-state index in [2.05, 4.69) is 21.2 Å². The first-order valence-corrected chi connectivity index (χ1v) is 13.8. The number of nitrogens with zero attached hydrogens (tertiary/aromatic N) is 3. The van der Waals surface area contributed by atoms with Crippen LogP contribution in [0.5, 0.6) is 0 Å². The van der Waals surface area contributed by atoms with Gasteiger partial charge in [0, 0.05) is 43.1 Å². The summed E-state index contributed by atoms with van der Waals surface area (Å²) in [7, 11) is 0. The predicted octanol–water partition coefficient (Wildman–Crippen LogP) is 5.25. The average molecular weight is 488 g/mol. The maximum atomic E-state index is 12.4. The Bertz CT molecular complexity index is 1190. The van der Waals surface area contributed by atoms with Crippen LogP contribution in [0.4, 0.5) is 5.82 Å². The van der Waals surface area contributed by atoms with Crippen LogP contribution in [0.2, 0.25) is 0 Å². The average Bonchev–Trinajstić information content (AvgIpc) is 3.64. The summed E-state index contributed by atoms with van der Waals surface area (Å²) in [4.78, 5) is 22.3. The van der Waals surface area contributed by atoms with E-state index >= 15 is 0 Å². The van der Waals surface area contributed by atoms with Gasteiger partial charge in [-0.2, -0.15) is 0 Å². The lowest BCUT2D eigenvalue weighted by Crippen LogP contribution is -2.25. The lowest BCUT2D eigenvalue weighted by Gasteiger charge is -2.23. The second kappa shape index (κ2) is 10.6. The van der Waals surface area contributed by atoms with Crippen molar-refractivity contribution in [2.75, 3.05) is 25.1 Å². The van der Waals surface area contributed by atoms with Crippen molar-refractivity contribution in [3.8, 4) is 11.3 Å². The smallest absolute Gasteiger partial charge is 0.251 e. The molecule has 6 rings (SSSR count). The number of amides is 1. The van der Waals surface area contributed by atoms with Gasteiger partial charge < -0.3 is 15.4 Å². The Kier molecular flexibility index (Phi) is 6.90. The summed E-state index contributed by atoms with van der Waals surface area (Å²) < 4.78 is 7.73. The quantitative estimate of drug-likeness (QED) is 0.454. The number of aromatic nitrogens is 3. The first-order chi connectivity index (χ1) is 17.7. The molecule has 3 heterocycles. The van der Waals surface area contributed by atoms with Gasteiger partial charge in [0.15, 0.2) is 11.5 Å². The van der Waals surface area contributed by atoms with Crippen molar-refractivity contribution < 1.29 is 9.53 Å². The second-order valence-electron chi connectivity index (χ2n) is 10.9. The van der Waals surface area contributed by atoms with Gasteiger partial charge in [-0.05, 0) is 56.1 Å². The minimum atomic E-state index is 0.0146. The van der Waals surface area contributed by atoms with Crippen LogP contribution in [-0.2, 0) is 11.2 Å². The molecule has 0 atom stereocenters. The normalized spacial score (nSPS) is 19.4. The Morgan fingerprint density at radius 2 is 1.75 bits per heavy atom. The van der Waals surface area contributed by atoms with Crippen molar-refractivity contribution in [3.63, 3.8) is 0 Å². The number of hydrogen-bond donors (Lipinski definition) is 2. The number of rotatable bonds is 8. The van der Waals surface area contributed by atoms with E-state index < -0.39 is 0 Å². The van der Waals surface area contributed by atoms with E-state index in [-0.39, 0.29) is 5.91 Å². The summed E-state index contributed by atoms with van der Waals surface area (Å²) in [6.45, 7) is 2.59. The molecule has 36 heavy (non-hydrogen) atoms. The van der Waals surface area contributed by atoms with Gasteiger partial charge in [-0.15, -0.1) is 0 Å². The molecule has 7 nitrogen and oxygen atoms in total. The van der Waals surface area contributed by atoms with Gasteiger partial charge in [0.25, 0.3) is 5.91 Å². The molecule has 0 radical (unpaired) electrons. The van der Waals surface area contributed by atoms with Crippen molar-refractivity contribution in [3.05, 3.63) is 47.9 Å². The van der Waals surface area contributed by atoms with Crippen LogP contribution in [-0.4, -0.2) is 46.1 Å². The summed E-state index contributed by atoms with van der Waals surface area (Å²) in [6, 6.07) is 8.25. The third-order valence-corrected chi connectivity index (χ3v) is 8.02. The number of hydrogen-bond acceptors (Lipinski definition) is 5. The van der Waals surface area contributed by atoms with Gasteiger partial charge in [-0.3, -0.25) is 9.20 Å². The Morgan fingerprint density at radius 1 is 0.972 bits per heavy atom. The van der Waals surface area contributed by atoms with Crippen LogP contribution in [0.15, 0.2) is 36.7 Å². The monoisotopic (exact) mass is 487 g/mol. The van der Waals surface area contributed by atoms with E-state index in [4.69, 9.17) is 14.7 Å². The summed E-state index contributed by atoms with van der Waals surface area (Å²) in [5, 5.41) is 6.71. The highest BCUT2D eigenvalue weighted by atomic mass is 16.5. The molecule has 1 saturated heterocycles. The van der Waals surface area contributed by atoms with Crippen LogP contribution in [0.1, 0.15) is 73.8 Å². The molecular weight excluding hydrogens is 450 g/mol. The van der Waals surface area contributed by atoms with Gasteiger partial charge in [0.05, 0.1) is 17.6 Å². The van der Waals surface area contributed by atoms with Crippen molar-refractivity contribution in [1.82, 2.24) is 19.7 Å². The molecule has 3 aliphatic rings. The zero-order chi connectivity index (χ0) is 24.3. The minimum Gasteiger partial charge on any atom is -0.381 e. The number of imidazole rings is 1. The number of benzene rings is 1. The third kappa shape index (κ3) is 5.41. The fourth-order valence-electron chi connectivity index (χ4n) is 5.64. The summed E-state index contributed by atoms with van der Waals surface area (Å²) in [5.74, 6) is 2.21. The van der Waals surface area contributed by atoms with Gasteiger partial charge in [0.1, 0.15) is 0 Å². The summed E-state index contributed by atoms with van der Waals surface area (Å²) in [5.41, 5.74) is 4.78. The van der Waals surface area contributed by atoms with E-state index in [0.717, 1.165) is 80.3 Å². The van der Waals surface area contributed by atoms with Crippen LogP contribution >= 0.6 is 0 Å². The Hall–Kier alpha value is -2.93. The fourth-order valence-corrected chi connectivity index (χ4v) is 5.64. The molecule has 2 saturated carbocycles. The largest absolute Gasteiger partial charge is 0.381 e. The number of carbonyl (C=O) groups is 1. The number of anilines is 1. The molecule has 2 aromatic heterocycles. The van der Waals surface area contributed by atoms with Crippen LogP contribution in [0, 0.1) is 11.8 Å². The van der Waals surface area contributed by atoms with E-state index in [9.17, 15) is 4.79 Å². The molecule has 2 aliphatic carbocycles. The Morgan fingerprint density at radius 3 is 2.50 bits per heavy atom. The minimum absolute atomic E-state index is 0.0146. The molecule has 0 unspecified atom stereocenters. The first-order valence-electron chi connectivity index (χ1n) is 13.8. The first kappa shape index (κ1) is 23.5. The fraction of sp³-hybridized carbons (Fsp3) is 0.552. The number of carbonyl (C=O) groups excluding carboxylic acids is 1. The molecule has 1 amide bonds. The lowest BCUT2D eigenvalue weighted by molar-refractivity contribution is 0.0699. The zero-order valence-corrected chi connectivity index (χ0v) is 21.0. The topological polar surface area (TPSA) is 80.5 Å². The Balaban J connectivity index is 1.28. The Labute approximate surface area is 213 Å². The second-order valence-corrected chi connectivity index (χ2v) is 10.9. The molecule has 1 aliphatic heterocycles. The van der Waals surface area contributed by atoms with Crippen molar-refractivity contribution in [2.24, 2.45) is 11.8 Å². The molecule has 0 bridgehead atoms. The number of fused-ring (bicyclic) bond motifs is 1. The molecule has 190 valence electrons. The molecule has 2 N–H and O–H groups in total. The summed E-state index contributed by atoms with van der Waals surface area (Å²) in [6.07, 6.45) is 16.1. The third-order valence-electron chi connectivity index (χ3n) is 8.02.